The highest BCUT2D eigenvalue weighted by Crippen LogP contribution is 2.30. The van der Waals surface area contributed by atoms with E-state index in [-0.39, 0.29) is 11.8 Å². The summed E-state index contributed by atoms with van der Waals surface area (Å²) in [5.74, 6) is 9.27. The van der Waals surface area contributed by atoms with Gasteiger partial charge in [-0.25, -0.2) is 9.97 Å². The number of benzene rings is 3. The van der Waals surface area contributed by atoms with Gasteiger partial charge in [-0.05, 0) is 67.4 Å². The average Bonchev–Trinajstić information content (AvgIpc) is 3.35. The van der Waals surface area contributed by atoms with Crippen molar-refractivity contribution in [1.29, 1.82) is 0 Å². The lowest BCUT2D eigenvalue weighted by molar-refractivity contribution is -0.127. The van der Waals surface area contributed by atoms with Gasteiger partial charge in [-0.15, -0.1) is 0 Å². The van der Waals surface area contributed by atoms with E-state index < -0.39 is 0 Å². The number of carbonyl (C=O) groups excluding carboxylic acids is 1. The van der Waals surface area contributed by atoms with Crippen molar-refractivity contribution in [1.82, 2.24) is 14.9 Å². The maximum atomic E-state index is 11.6. The van der Waals surface area contributed by atoms with Crippen molar-refractivity contribution in [2.75, 3.05) is 18.4 Å². The zero-order chi connectivity index (χ0) is 24.2. The van der Waals surface area contributed by atoms with Crippen molar-refractivity contribution in [3.05, 3.63) is 84.2 Å². The first-order valence-electron chi connectivity index (χ1n) is 11.7. The molecule has 174 valence electrons. The summed E-state index contributed by atoms with van der Waals surface area (Å²) in [6.45, 7) is 5.11. The van der Waals surface area contributed by atoms with Gasteiger partial charge in [0.25, 0.3) is 0 Å². The van der Waals surface area contributed by atoms with Gasteiger partial charge in [-0.1, -0.05) is 30.0 Å². The first kappa shape index (κ1) is 22.4. The van der Waals surface area contributed by atoms with Crippen molar-refractivity contribution < 1.29 is 9.53 Å². The number of rotatable bonds is 4. The normalized spacial score (nSPS) is 14.9. The molecule has 1 amide bonds. The van der Waals surface area contributed by atoms with Gasteiger partial charge in [0.1, 0.15) is 23.6 Å². The van der Waals surface area contributed by atoms with Crippen LogP contribution in [-0.4, -0.2) is 33.9 Å². The molecule has 0 saturated carbocycles. The van der Waals surface area contributed by atoms with Crippen molar-refractivity contribution in [2.45, 2.75) is 20.3 Å². The van der Waals surface area contributed by atoms with E-state index in [1.165, 1.54) is 0 Å². The summed E-state index contributed by atoms with van der Waals surface area (Å²) in [5.41, 5.74) is 3.67. The van der Waals surface area contributed by atoms with Crippen LogP contribution in [-0.2, 0) is 4.79 Å². The summed E-state index contributed by atoms with van der Waals surface area (Å²) >= 11 is 0. The van der Waals surface area contributed by atoms with Crippen LogP contribution in [0.3, 0.4) is 0 Å². The van der Waals surface area contributed by atoms with Crippen molar-refractivity contribution in [2.24, 2.45) is 5.92 Å². The van der Waals surface area contributed by atoms with Crippen LogP contribution in [0.25, 0.3) is 10.9 Å². The minimum absolute atomic E-state index is 0.114. The first-order valence-corrected chi connectivity index (χ1v) is 11.7. The molecule has 6 heteroatoms. The molecule has 35 heavy (non-hydrogen) atoms. The number of hydrogen-bond acceptors (Lipinski definition) is 5. The predicted octanol–water partition coefficient (Wildman–Crippen LogP) is 5.69. The molecule has 0 bridgehead atoms. The number of aryl methyl sites for hydroxylation is 1. The largest absolute Gasteiger partial charge is 0.457 e. The summed E-state index contributed by atoms with van der Waals surface area (Å²) < 4.78 is 6.00. The number of para-hydroxylation sites is 1. The lowest BCUT2D eigenvalue weighted by atomic mass is 10.1. The zero-order valence-electron chi connectivity index (χ0n) is 19.8. The molecule has 2 heterocycles. The minimum atomic E-state index is 0.114. The van der Waals surface area contributed by atoms with Crippen LogP contribution >= 0.6 is 0 Å². The van der Waals surface area contributed by atoms with Crippen LogP contribution < -0.4 is 10.1 Å². The summed E-state index contributed by atoms with van der Waals surface area (Å²) in [7, 11) is 0. The molecule has 4 aromatic rings. The second kappa shape index (κ2) is 9.86. The molecule has 1 aliphatic rings. The van der Waals surface area contributed by atoms with E-state index in [0.29, 0.717) is 6.54 Å². The number of aromatic nitrogens is 2. The molecule has 1 unspecified atom stereocenters. The molecule has 1 aromatic heterocycles. The van der Waals surface area contributed by atoms with Crippen LogP contribution in [0.5, 0.6) is 11.5 Å². The summed E-state index contributed by atoms with van der Waals surface area (Å²) in [5, 5.41) is 4.32. The first-order chi connectivity index (χ1) is 17.0. The van der Waals surface area contributed by atoms with Gasteiger partial charge < -0.3 is 15.0 Å². The van der Waals surface area contributed by atoms with E-state index >= 15 is 0 Å². The Morgan fingerprint density at radius 3 is 2.71 bits per heavy atom. The molecule has 3 aromatic carbocycles. The maximum Gasteiger partial charge on any atom is 0.219 e. The SMILES string of the molecule is CC(=O)N1CCC(C#Cc2ccc3ncnc(Nc4ccc(Oc5ccccc5)c(C)c4)c3c2)C1. The second-order valence-corrected chi connectivity index (χ2v) is 8.69. The fourth-order valence-electron chi connectivity index (χ4n) is 4.18. The third kappa shape index (κ3) is 5.25. The maximum absolute atomic E-state index is 11.6. The van der Waals surface area contributed by atoms with Gasteiger partial charge in [-0.2, -0.15) is 0 Å². The number of nitrogens with one attached hydrogen (secondary N) is 1. The monoisotopic (exact) mass is 462 g/mol. The molecule has 1 saturated heterocycles. The third-order valence-electron chi connectivity index (χ3n) is 6.10. The lowest BCUT2D eigenvalue weighted by Gasteiger charge is -2.12. The predicted molar refractivity (Wildman–Crippen MR) is 138 cm³/mol. The van der Waals surface area contributed by atoms with Crippen molar-refractivity contribution in [3.8, 4) is 23.3 Å². The number of nitrogens with zero attached hydrogens (tertiary/aromatic N) is 3. The smallest absolute Gasteiger partial charge is 0.219 e. The van der Waals surface area contributed by atoms with Gasteiger partial charge in [0, 0.05) is 42.6 Å². The Hall–Kier alpha value is -4.37. The second-order valence-electron chi connectivity index (χ2n) is 8.69. The Morgan fingerprint density at radius 2 is 1.94 bits per heavy atom. The van der Waals surface area contributed by atoms with Crippen LogP contribution in [0.1, 0.15) is 24.5 Å². The fourth-order valence-corrected chi connectivity index (χ4v) is 4.18. The average molecular weight is 463 g/mol. The van der Waals surface area contributed by atoms with Crippen molar-refractivity contribution >= 4 is 28.3 Å². The van der Waals surface area contributed by atoms with Crippen LogP contribution in [0.2, 0.25) is 0 Å². The van der Waals surface area contributed by atoms with Crippen LogP contribution in [0.15, 0.2) is 73.1 Å². The van der Waals surface area contributed by atoms with Crippen LogP contribution in [0.4, 0.5) is 11.5 Å². The van der Waals surface area contributed by atoms with E-state index in [1.54, 1.807) is 13.3 Å². The Labute approximate surface area is 205 Å². The third-order valence-corrected chi connectivity index (χ3v) is 6.10. The van der Waals surface area contributed by atoms with Gasteiger partial charge in [0.05, 0.1) is 5.52 Å². The number of ether oxygens (including phenoxy) is 1. The molecule has 0 radical (unpaired) electrons. The highest BCUT2D eigenvalue weighted by atomic mass is 16.5. The number of fused-ring (bicyclic) bond motifs is 1. The summed E-state index contributed by atoms with van der Waals surface area (Å²) in [6, 6.07) is 21.7. The standard InChI is InChI=1S/C29H26N4O2/c1-20-16-24(11-13-28(20)35-25-6-4-3-5-7-25)32-29-26-17-22(10-12-27(26)30-19-31-29)8-9-23-14-15-33(18-23)21(2)34/h3-7,10-13,16-17,19,23H,14-15,18H2,1-2H3,(H,30,31,32). The summed E-state index contributed by atoms with van der Waals surface area (Å²) in [6.07, 6.45) is 2.48. The number of hydrogen-bond donors (Lipinski definition) is 1. The number of likely N-dealkylation sites (tertiary alicyclic amines) is 1. The molecular weight excluding hydrogens is 436 g/mol. The Balaban J connectivity index is 1.36. The van der Waals surface area contributed by atoms with E-state index in [9.17, 15) is 4.79 Å². The molecule has 1 atom stereocenters. The van der Waals surface area contributed by atoms with Gasteiger partial charge >= 0.3 is 0 Å². The zero-order valence-corrected chi connectivity index (χ0v) is 19.8. The number of anilines is 2. The fraction of sp³-hybridized carbons (Fsp3) is 0.207. The summed E-state index contributed by atoms with van der Waals surface area (Å²) in [4.78, 5) is 22.3. The Bertz CT molecular complexity index is 1440. The molecule has 1 aliphatic heterocycles. The van der Waals surface area contributed by atoms with Gasteiger partial charge in [0.15, 0.2) is 0 Å². The van der Waals surface area contributed by atoms with E-state index in [1.807, 2.05) is 78.6 Å². The molecule has 0 spiro atoms. The molecule has 0 aliphatic carbocycles. The highest BCUT2D eigenvalue weighted by molar-refractivity contribution is 5.91. The molecule has 1 fully saturated rings. The van der Waals surface area contributed by atoms with Gasteiger partial charge in [-0.3, -0.25) is 4.79 Å². The van der Waals surface area contributed by atoms with E-state index in [2.05, 4.69) is 27.1 Å². The van der Waals surface area contributed by atoms with E-state index in [0.717, 1.165) is 58.0 Å². The van der Waals surface area contributed by atoms with Crippen LogP contribution in [0, 0.1) is 24.7 Å². The minimum Gasteiger partial charge on any atom is -0.457 e. The van der Waals surface area contributed by atoms with E-state index in [4.69, 9.17) is 4.74 Å². The lowest BCUT2D eigenvalue weighted by Crippen LogP contribution is -2.25. The number of carbonyl (C=O) groups is 1. The molecule has 6 nitrogen and oxygen atoms in total. The molecular formula is C29H26N4O2. The number of amides is 1. The Morgan fingerprint density at radius 1 is 1.09 bits per heavy atom. The quantitative estimate of drug-likeness (QED) is 0.395. The molecule has 5 rings (SSSR count). The van der Waals surface area contributed by atoms with Gasteiger partial charge in [0.2, 0.25) is 5.91 Å². The topological polar surface area (TPSA) is 67.4 Å². The highest BCUT2D eigenvalue weighted by Gasteiger charge is 2.22. The Kier molecular flexibility index (Phi) is 6.32. The molecule has 1 N–H and O–H groups in total. The van der Waals surface area contributed by atoms with Crippen molar-refractivity contribution in [3.63, 3.8) is 0 Å².